The quantitative estimate of drug-likeness (QED) is 0.822. The molecule has 0 bridgehead atoms. The summed E-state index contributed by atoms with van der Waals surface area (Å²) >= 11 is 0. The van der Waals surface area contributed by atoms with E-state index in [1.54, 1.807) is 11.1 Å². The van der Waals surface area contributed by atoms with Crippen LogP contribution in [0.3, 0.4) is 0 Å². The molecule has 0 spiro atoms. The molecule has 2 aromatic rings. The van der Waals surface area contributed by atoms with Crippen molar-refractivity contribution in [2.24, 2.45) is 5.92 Å². The fourth-order valence-corrected chi connectivity index (χ4v) is 4.03. The lowest BCUT2D eigenvalue weighted by molar-refractivity contribution is 0.347. The predicted octanol–water partition coefficient (Wildman–Crippen LogP) is 3.91. The van der Waals surface area contributed by atoms with E-state index in [1.807, 2.05) is 0 Å². The summed E-state index contributed by atoms with van der Waals surface area (Å²) in [5.41, 5.74) is 7.44. The molecule has 1 N–H and O–H groups in total. The molecular formula is C19H21N. The van der Waals surface area contributed by atoms with Gasteiger partial charge in [-0.05, 0) is 66.0 Å². The molecule has 2 aromatic carbocycles. The SMILES string of the molecule is Cc1cc(-c2ccccc2)cc2c1CC1CCNCC21. The van der Waals surface area contributed by atoms with Gasteiger partial charge in [-0.15, -0.1) is 0 Å². The van der Waals surface area contributed by atoms with Crippen LogP contribution in [0.2, 0.25) is 0 Å². The lowest BCUT2D eigenvalue weighted by Crippen LogP contribution is -2.32. The normalized spacial score (nSPS) is 24.2. The van der Waals surface area contributed by atoms with E-state index in [9.17, 15) is 0 Å². The third-order valence-corrected chi connectivity index (χ3v) is 5.11. The zero-order valence-electron chi connectivity index (χ0n) is 12.0. The van der Waals surface area contributed by atoms with Crippen LogP contribution in [0.25, 0.3) is 11.1 Å². The van der Waals surface area contributed by atoms with Crippen LogP contribution in [0.5, 0.6) is 0 Å². The number of benzene rings is 2. The van der Waals surface area contributed by atoms with Gasteiger partial charge in [0.1, 0.15) is 0 Å². The van der Waals surface area contributed by atoms with Gasteiger partial charge in [-0.3, -0.25) is 0 Å². The van der Waals surface area contributed by atoms with Crippen molar-refractivity contribution in [2.75, 3.05) is 13.1 Å². The molecule has 1 saturated heterocycles. The van der Waals surface area contributed by atoms with E-state index in [4.69, 9.17) is 0 Å². The maximum atomic E-state index is 3.58. The van der Waals surface area contributed by atoms with Crippen LogP contribution >= 0.6 is 0 Å². The van der Waals surface area contributed by atoms with Gasteiger partial charge in [-0.1, -0.05) is 42.5 Å². The van der Waals surface area contributed by atoms with Crippen molar-refractivity contribution in [1.82, 2.24) is 5.32 Å². The van der Waals surface area contributed by atoms with Gasteiger partial charge in [0.05, 0.1) is 0 Å². The van der Waals surface area contributed by atoms with E-state index < -0.39 is 0 Å². The number of aryl methyl sites for hydroxylation is 1. The summed E-state index contributed by atoms with van der Waals surface area (Å²) in [6.07, 6.45) is 2.63. The summed E-state index contributed by atoms with van der Waals surface area (Å²) in [7, 11) is 0. The average Bonchev–Trinajstić information content (AvgIpc) is 2.88. The molecule has 0 amide bonds. The topological polar surface area (TPSA) is 12.0 Å². The number of nitrogens with one attached hydrogen (secondary N) is 1. The summed E-state index contributed by atoms with van der Waals surface area (Å²) < 4.78 is 0. The highest BCUT2D eigenvalue weighted by Crippen LogP contribution is 2.43. The van der Waals surface area contributed by atoms with Crippen molar-refractivity contribution in [1.29, 1.82) is 0 Å². The standard InChI is InChI=1S/C19H21N/c1-13-9-16(14-5-3-2-4-6-14)11-18-17(13)10-15-7-8-20-12-19(15)18/h2-6,9,11,15,19-20H,7-8,10,12H2,1H3. The Morgan fingerprint density at radius 1 is 1.05 bits per heavy atom. The number of fused-ring (bicyclic) bond motifs is 3. The predicted molar refractivity (Wildman–Crippen MR) is 84.0 cm³/mol. The largest absolute Gasteiger partial charge is 0.316 e. The minimum atomic E-state index is 0.737. The highest BCUT2D eigenvalue weighted by atomic mass is 14.9. The lowest BCUT2D eigenvalue weighted by Gasteiger charge is -2.26. The molecule has 1 heteroatoms. The van der Waals surface area contributed by atoms with E-state index in [-0.39, 0.29) is 0 Å². The molecule has 4 rings (SSSR count). The Bertz CT molecular complexity index is 630. The van der Waals surface area contributed by atoms with E-state index >= 15 is 0 Å². The van der Waals surface area contributed by atoms with Crippen LogP contribution in [0.15, 0.2) is 42.5 Å². The molecule has 0 saturated carbocycles. The summed E-state index contributed by atoms with van der Waals surface area (Å²) in [4.78, 5) is 0. The van der Waals surface area contributed by atoms with E-state index in [1.165, 1.54) is 36.1 Å². The second-order valence-corrected chi connectivity index (χ2v) is 6.29. The smallest absolute Gasteiger partial charge is 0.00230 e. The van der Waals surface area contributed by atoms with Crippen LogP contribution in [-0.4, -0.2) is 13.1 Å². The van der Waals surface area contributed by atoms with Crippen molar-refractivity contribution >= 4 is 0 Å². The molecule has 20 heavy (non-hydrogen) atoms. The van der Waals surface area contributed by atoms with Crippen molar-refractivity contribution in [3.63, 3.8) is 0 Å². The lowest BCUT2D eigenvalue weighted by atomic mass is 9.86. The Kier molecular flexibility index (Phi) is 2.89. The van der Waals surface area contributed by atoms with Gasteiger partial charge < -0.3 is 5.32 Å². The zero-order valence-corrected chi connectivity index (χ0v) is 12.0. The van der Waals surface area contributed by atoms with Crippen LogP contribution in [0, 0.1) is 12.8 Å². The van der Waals surface area contributed by atoms with Crippen LogP contribution in [0.1, 0.15) is 29.0 Å². The molecule has 0 radical (unpaired) electrons. The summed E-state index contributed by atoms with van der Waals surface area (Å²) in [5.74, 6) is 1.61. The van der Waals surface area contributed by atoms with Gasteiger partial charge in [0.25, 0.3) is 0 Å². The first-order valence-electron chi connectivity index (χ1n) is 7.72. The third kappa shape index (κ3) is 1.89. The molecule has 2 atom stereocenters. The Morgan fingerprint density at radius 2 is 1.90 bits per heavy atom. The maximum absolute atomic E-state index is 3.58. The molecule has 102 valence electrons. The molecule has 0 aromatic heterocycles. The minimum absolute atomic E-state index is 0.737. The van der Waals surface area contributed by atoms with Gasteiger partial charge in [-0.25, -0.2) is 0 Å². The number of hydrogen-bond donors (Lipinski definition) is 1. The molecule has 1 fully saturated rings. The summed E-state index contributed by atoms with van der Waals surface area (Å²) in [6.45, 7) is 4.64. The highest BCUT2D eigenvalue weighted by molar-refractivity contribution is 5.67. The Labute approximate surface area is 121 Å². The molecule has 1 aliphatic carbocycles. The fourth-order valence-electron chi connectivity index (χ4n) is 4.03. The van der Waals surface area contributed by atoms with Crippen molar-refractivity contribution in [3.8, 4) is 11.1 Å². The zero-order chi connectivity index (χ0) is 13.5. The Balaban J connectivity index is 1.81. The first-order chi connectivity index (χ1) is 9.83. The number of rotatable bonds is 1. The van der Waals surface area contributed by atoms with Crippen LogP contribution < -0.4 is 5.32 Å². The minimum Gasteiger partial charge on any atom is -0.316 e. The summed E-state index contributed by atoms with van der Waals surface area (Å²) in [6, 6.07) is 15.6. The van der Waals surface area contributed by atoms with Gasteiger partial charge in [0.15, 0.2) is 0 Å². The maximum Gasteiger partial charge on any atom is 0.00230 e. The summed E-state index contributed by atoms with van der Waals surface area (Å²) in [5, 5.41) is 3.58. The Hall–Kier alpha value is -1.60. The van der Waals surface area contributed by atoms with E-state index in [2.05, 4.69) is 54.7 Å². The molecule has 2 unspecified atom stereocenters. The van der Waals surface area contributed by atoms with Gasteiger partial charge in [0, 0.05) is 6.54 Å². The monoisotopic (exact) mass is 263 g/mol. The van der Waals surface area contributed by atoms with Crippen molar-refractivity contribution in [3.05, 3.63) is 59.2 Å². The highest BCUT2D eigenvalue weighted by Gasteiger charge is 2.35. The van der Waals surface area contributed by atoms with Crippen molar-refractivity contribution < 1.29 is 0 Å². The first-order valence-corrected chi connectivity index (χ1v) is 7.72. The molecule has 2 aliphatic rings. The molecular weight excluding hydrogens is 242 g/mol. The Morgan fingerprint density at radius 3 is 2.75 bits per heavy atom. The first kappa shape index (κ1) is 12.2. The fraction of sp³-hybridized carbons (Fsp3) is 0.368. The second-order valence-electron chi connectivity index (χ2n) is 6.29. The molecule has 1 nitrogen and oxygen atoms in total. The van der Waals surface area contributed by atoms with Gasteiger partial charge >= 0.3 is 0 Å². The van der Waals surface area contributed by atoms with E-state index in [0.717, 1.165) is 18.4 Å². The van der Waals surface area contributed by atoms with Crippen LogP contribution in [-0.2, 0) is 6.42 Å². The molecule has 1 aliphatic heterocycles. The van der Waals surface area contributed by atoms with Gasteiger partial charge in [0.2, 0.25) is 0 Å². The van der Waals surface area contributed by atoms with Gasteiger partial charge in [-0.2, -0.15) is 0 Å². The number of hydrogen-bond acceptors (Lipinski definition) is 1. The molecule has 1 heterocycles. The average molecular weight is 263 g/mol. The van der Waals surface area contributed by atoms with Crippen LogP contribution in [0.4, 0.5) is 0 Å². The third-order valence-electron chi connectivity index (χ3n) is 5.11. The number of piperidine rings is 1. The second kappa shape index (κ2) is 4.75. The van der Waals surface area contributed by atoms with E-state index in [0.29, 0.717) is 0 Å². The van der Waals surface area contributed by atoms with Crippen molar-refractivity contribution in [2.45, 2.75) is 25.7 Å².